The zero-order valence-corrected chi connectivity index (χ0v) is 9.91. The van der Waals surface area contributed by atoms with Crippen LogP contribution in [0, 0.1) is 0 Å². The summed E-state index contributed by atoms with van der Waals surface area (Å²) in [6.07, 6.45) is 0. The van der Waals surface area contributed by atoms with Crippen molar-refractivity contribution >= 4 is 0 Å². The third-order valence-electron chi connectivity index (χ3n) is 2.78. The number of phenols is 1. The molecule has 0 radical (unpaired) electrons. The van der Waals surface area contributed by atoms with E-state index in [1.165, 1.54) is 0 Å². The second kappa shape index (κ2) is 4.23. The molecule has 0 heterocycles. The molecule has 0 amide bonds. The summed E-state index contributed by atoms with van der Waals surface area (Å²) in [4.78, 5) is 0. The second-order valence-corrected chi connectivity index (χ2v) is 5.01. The van der Waals surface area contributed by atoms with Crippen molar-refractivity contribution in [2.75, 3.05) is 6.61 Å². The fourth-order valence-corrected chi connectivity index (χ4v) is 1.45. The minimum atomic E-state index is -0.303. The number of benzene rings is 1. The topological polar surface area (TPSA) is 40.5 Å². The maximum absolute atomic E-state index is 9.62. The Kier molecular flexibility index (Phi) is 3.40. The maximum Gasteiger partial charge on any atom is 0.116 e. The molecule has 0 aliphatic carbocycles. The molecule has 0 aliphatic rings. The minimum Gasteiger partial charge on any atom is -0.508 e. The first kappa shape index (κ1) is 12.1. The van der Waals surface area contributed by atoms with Crippen molar-refractivity contribution in [2.24, 2.45) is 0 Å². The number of rotatable bonds is 3. The SMILES string of the molecule is CC(C)c1cc(O)cc(C(C)(C)CO)c1. The van der Waals surface area contributed by atoms with E-state index >= 15 is 0 Å². The summed E-state index contributed by atoms with van der Waals surface area (Å²) in [7, 11) is 0. The van der Waals surface area contributed by atoms with Crippen LogP contribution in [0.3, 0.4) is 0 Å². The maximum atomic E-state index is 9.62. The highest BCUT2D eigenvalue weighted by atomic mass is 16.3. The summed E-state index contributed by atoms with van der Waals surface area (Å²) in [5.74, 6) is 0.656. The summed E-state index contributed by atoms with van der Waals surface area (Å²) in [5, 5.41) is 18.9. The zero-order chi connectivity index (χ0) is 11.6. The lowest BCUT2D eigenvalue weighted by molar-refractivity contribution is 0.218. The van der Waals surface area contributed by atoms with Gasteiger partial charge < -0.3 is 10.2 Å². The van der Waals surface area contributed by atoms with Crippen LogP contribution in [0.5, 0.6) is 5.75 Å². The van der Waals surface area contributed by atoms with Crippen molar-refractivity contribution in [3.8, 4) is 5.75 Å². The van der Waals surface area contributed by atoms with Crippen molar-refractivity contribution < 1.29 is 10.2 Å². The van der Waals surface area contributed by atoms with Crippen LogP contribution in [0.25, 0.3) is 0 Å². The number of aliphatic hydroxyl groups excluding tert-OH is 1. The normalized spacial score (nSPS) is 12.1. The van der Waals surface area contributed by atoms with E-state index in [0.29, 0.717) is 5.92 Å². The van der Waals surface area contributed by atoms with E-state index in [1.807, 2.05) is 13.8 Å². The summed E-state index contributed by atoms with van der Waals surface area (Å²) in [6.45, 7) is 8.18. The minimum absolute atomic E-state index is 0.0774. The van der Waals surface area contributed by atoms with Crippen molar-refractivity contribution in [2.45, 2.75) is 39.0 Å². The molecule has 0 bridgehead atoms. The molecule has 0 saturated carbocycles. The number of aromatic hydroxyl groups is 1. The van der Waals surface area contributed by atoms with Crippen molar-refractivity contribution in [3.05, 3.63) is 29.3 Å². The first-order valence-corrected chi connectivity index (χ1v) is 5.32. The summed E-state index contributed by atoms with van der Waals surface area (Å²) in [5.41, 5.74) is 1.78. The highest BCUT2D eigenvalue weighted by Gasteiger charge is 2.20. The molecule has 0 aliphatic heterocycles. The number of hydrogen-bond donors (Lipinski definition) is 2. The highest BCUT2D eigenvalue weighted by Crippen LogP contribution is 2.29. The third-order valence-corrected chi connectivity index (χ3v) is 2.78. The molecular weight excluding hydrogens is 188 g/mol. The Balaban J connectivity index is 3.20. The number of phenolic OH excluding ortho intramolecular Hbond substituents is 1. The zero-order valence-electron chi connectivity index (χ0n) is 9.91. The van der Waals surface area contributed by atoms with E-state index in [4.69, 9.17) is 0 Å². The van der Waals surface area contributed by atoms with Gasteiger partial charge in [0.15, 0.2) is 0 Å². The Labute approximate surface area is 91.6 Å². The highest BCUT2D eigenvalue weighted by molar-refractivity contribution is 5.38. The summed E-state index contributed by atoms with van der Waals surface area (Å²) < 4.78 is 0. The lowest BCUT2D eigenvalue weighted by Gasteiger charge is -2.23. The van der Waals surface area contributed by atoms with Crippen molar-refractivity contribution in [3.63, 3.8) is 0 Å². The van der Waals surface area contributed by atoms with Gasteiger partial charge in [-0.25, -0.2) is 0 Å². The Bertz CT molecular complexity index is 340. The Morgan fingerprint density at radius 1 is 1.20 bits per heavy atom. The van der Waals surface area contributed by atoms with Crippen molar-refractivity contribution in [1.82, 2.24) is 0 Å². The molecule has 2 nitrogen and oxygen atoms in total. The van der Waals surface area contributed by atoms with Crippen LogP contribution in [-0.4, -0.2) is 16.8 Å². The van der Waals surface area contributed by atoms with Crippen LogP contribution < -0.4 is 0 Å². The standard InChI is InChI=1S/C13H20O2/c1-9(2)10-5-11(7-12(15)6-10)13(3,4)8-14/h5-7,9,14-15H,8H2,1-4H3. The van der Waals surface area contributed by atoms with E-state index in [2.05, 4.69) is 19.9 Å². The van der Waals surface area contributed by atoms with E-state index in [9.17, 15) is 10.2 Å². The average Bonchev–Trinajstić information content (AvgIpc) is 2.16. The predicted octanol–water partition coefficient (Wildman–Crippen LogP) is 2.79. The smallest absolute Gasteiger partial charge is 0.116 e. The molecule has 2 heteroatoms. The quantitative estimate of drug-likeness (QED) is 0.802. The van der Waals surface area contributed by atoms with E-state index in [-0.39, 0.29) is 17.8 Å². The Morgan fingerprint density at radius 3 is 2.27 bits per heavy atom. The lowest BCUT2D eigenvalue weighted by atomic mass is 9.83. The van der Waals surface area contributed by atoms with Gasteiger partial charge in [-0.05, 0) is 29.2 Å². The molecule has 0 fully saturated rings. The molecule has 0 spiro atoms. The van der Waals surface area contributed by atoms with Crippen LogP contribution in [-0.2, 0) is 5.41 Å². The fraction of sp³-hybridized carbons (Fsp3) is 0.538. The van der Waals surface area contributed by atoms with Gasteiger partial charge in [-0.15, -0.1) is 0 Å². The molecule has 0 saturated heterocycles. The predicted molar refractivity (Wildman–Crippen MR) is 62.3 cm³/mol. The monoisotopic (exact) mass is 208 g/mol. The van der Waals surface area contributed by atoms with Crippen LogP contribution in [0.1, 0.15) is 44.7 Å². The molecule has 84 valence electrons. The molecule has 0 unspecified atom stereocenters. The van der Waals surface area contributed by atoms with Gasteiger partial charge in [0, 0.05) is 5.41 Å². The van der Waals surface area contributed by atoms with Crippen LogP contribution in [0.4, 0.5) is 0 Å². The average molecular weight is 208 g/mol. The lowest BCUT2D eigenvalue weighted by Crippen LogP contribution is -2.22. The molecule has 1 aromatic rings. The molecule has 1 rings (SSSR count). The first-order valence-electron chi connectivity index (χ1n) is 5.32. The Hall–Kier alpha value is -1.02. The van der Waals surface area contributed by atoms with Crippen LogP contribution in [0.2, 0.25) is 0 Å². The van der Waals surface area contributed by atoms with Crippen molar-refractivity contribution in [1.29, 1.82) is 0 Å². The molecule has 15 heavy (non-hydrogen) atoms. The van der Waals surface area contributed by atoms with Crippen LogP contribution >= 0.6 is 0 Å². The number of aliphatic hydroxyl groups is 1. The fourth-order valence-electron chi connectivity index (χ4n) is 1.45. The summed E-state index contributed by atoms with van der Waals surface area (Å²) in [6, 6.07) is 5.56. The molecule has 0 atom stereocenters. The molecule has 2 N–H and O–H groups in total. The van der Waals surface area contributed by atoms with Gasteiger partial charge in [0.2, 0.25) is 0 Å². The first-order chi connectivity index (χ1) is 6.86. The van der Waals surface area contributed by atoms with Gasteiger partial charge in [-0.2, -0.15) is 0 Å². The van der Waals surface area contributed by atoms with Gasteiger partial charge in [-0.1, -0.05) is 33.8 Å². The second-order valence-electron chi connectivity index (χ2n) is 5.01. The van der Waals surface area contributed by atoms with Gasteiger partial charge in [0.1, 0.15) is 5.75 Å². The van der Waals surface area contributed by atoms with Gasteiger partial charge in [0.25, 0.3) is 0 Å². The summed E-state index contributed by atoms with van der Waals surface area (Å²) >= 11 is 0. The third kappa shape index (κ3) is 2.72. The van der Waals surface area contributed by atoms with Gasteiger partial charge >= 0.3 is 0 Å². The largest absolute Gasteiger partial charge is 0.508 e. The van der Waals surface area contributed by atoms with E-state index in [0.717, 1.165) is 11.1 Å². The van der Waals surface area contributed by atoms with Gasteiger partial charge in [-0.3, -0.25) is 0 Å². The van der Waals surface area contributed by atoms with Gasteiger partial charge in [0.05, 0.1) is 6.61 Å². The van der Waals surface area contributed by atoms with E-state index < -0.39 is 0 Å². The van der Waals surface area contributed by atoms with Crippen LogP contribution in [0.15, 0.2) is 18.2 Å². The molecule has 0 aromatic heterocycles. The molecule has 1 aromatic carbocycles. The molecular formula is C13H20O2. The Morgan fingerprint density at radius 2 is 1.80 bits per heavy atom. The number of hydrogen-bond acceptors (Lipinski definition) is 2. The van der Waals surface area contributed by atoms with E-state index in [1.54, 1.807) is 12.1 Å².